The van der Waals surface area contributed by atoms with E-state index in [1.54, 1.807) is 18.9 Å². The standard InChI is InChI=1S/C13H26N2O3/c1-5-8-11(13(17)18-7-3)15(4)10-12(16)14-9-6-2/h11H,5-10H2,1-4H3,(H,14,16). The second-order valence-electron chi connectivity index (χ2n) is 4.32. The first-order chi connectivity index (χ1) is 8.56. The zero-order valence-electron chi connectivity index (χ0n) is 12.0. The molecule has 1 atom stereocenters. The molecule has 18 heavy (non-hydrogen) atoms. The molecule has 0 aliphatic heterocycles. The van der Waals surface area contributed by atoms with E-state index in [0.717, 1.165) is 12.8 Å². The number of hydrogen-bond acceptors (Lipinski definition) is 4. The number of amides is 1. The molecule has 0 saturated heterocycles. The van der Waals surface area contributed by atoms with Crippen molar-refractivity contribution in [1.29, 1.82) is 0 Å². The van der Waals surface area contributed by atoms with Gasteiger partial charge in [0.15, 0.2) is 0 Å². The molecule has 0 rings (SSSR count). The normalized spacial score (nSPS) is 12.3. The van der Waals surface area contributed by atoms with Crippen molar-refractivity contribution < 1.29 is 14.3 Å². The van der Waals surface area contributed by atoms with E-state index >= 15 is 0 Å². The fourth-order valence-electron chi connectivity index (χ4n) is 1.69. The molecule has 0 aromatic rings. The van der Waals surface area contributed by atoms with Crippen LogP contribution in [0.15, 0.2) is 0 Å². The van der Waals surface area contributed by atoms with Crippen LogP contribution in [0.5, 0.6) is 0 Å². The molecule has 1 N–H and O–H groups in total. The smallest absolute Gasteiger partial charge is 0.323 e. The highest BCUT2D eigenvalue weighted by Gasteiger charge is 2.24. The second kappa shape index (κ2) is 9.88. The molecule has 0 saturated carbocycles. The molecule has 0 aromatic carbocycles. The number of nitrogens with one attached hydrogen (secondary N) is 1. The lowest BCUT2D eigenvalue weighted by Gasteiger charge is -2.25. The van der Waals surface area contributed by atoms with Crippen molar-refractivity contribution in [3.8, 4) is 0 Å². The van der Waals surface area contributed by atoms with E-state index in [1.807, 2.05) is 13.8 Å². The van der Waals surface area contributed by atoms with Crippen molar-refractivity contribution in [3.05, 3.63) is 0 Å². The summed E-state index contributed by atoms with van der Waals surface area (Å²) in [5, 5.41) is 2.80. The van der Waals surface area contributed by atoms with Crippen LogP contribution in [0.25, 0.3) is 0 Å². The Morgan fingerprint density at radius 1 is 1.22 bits per heavy atom. The predicted molar refractivity (Wildman–Crippen MR) is 71.3 cm³/mol. The first kappa shape index (κ1) is 16.9. The van der Waals surface area contributed by atoms with E-state index < -0.39 is 0 Å². The average molecular weight is 258 g/mol. The largest absolute Gasteiger partial charge is 0.465 e. The van der Waals surface area contributed by atoms with Crippen LogP contribution < -0.4 is 5.32 Å². The lowest BCUT2D eigenvalue weighted by molar-refractivity contribution is -0.149. The van der Waals surface area contributed by atoms with Gasteiger partial charge in [-0.05, 0) is 26.8 Å². The maximum atomic E-state index is 11.8. The van der Waals surface area contributed by atoms with Crippen molar-refractivity contribution in [2.75, 3.05) is 26.7 Å². The first-order valence-electron chi connectivity index (χ1n) is 6.70. The monoisotopic (exact) mass is 258 g/mol. The Hall–Kier alpha value is -1.10. The minimum atomic E-state index is -0.331. The molecule has 0 bridgehead atoms. The van der Waals surface area contributed by atoms with Crippen LogP contribution >= 0.6 is 0 Å². The van der Waals surface area contributed by atoms with Gasteiger partial charge in [-0.1, -0.05) is 20.3 Å². The molecule has 0 aliphatic carbocycles. The lowest BCUT2D eigenvalue weighted by atomic mass is 10.1. The average Bonchev–Trinajstić information content (AvgIpc) is 2.33. The number of hydrogen-bond donors (Lipinski definition) is 1. The van der Waals surface area contributed by atoms with E-state index in [4.69, 9.17) is 4.74 Å². The number of nitrogens with zero attached hydrogens (tertiary/aromatic N) is 1. The summed E-state index contributed by atoms with van der Waals surface area (Å²) in [5.74, 6) is -0.296. The Morgan fingerprint density at radius 2 is 1.89 bits per heavy atom. The summed E-state index contributed by atoms with van der Waals surface area (Å²) in [7, 11) is 1.78. The highest BCUT2D eigenvalue weighted by atomic mass is 16.5. The molecule has 0 fully saturated rings. The van der Waals surface area contributed by atoms with Crippen molar-refractivity contribution in [2.24, 2.45) is 0 Å². The minimum absolute atomic E-state index is 0.0512. The number of carbonyl (C=O) groups excluding carboxylic acids is 2. The second-order valence-corrected chi connectivity index (χ2v) is 4.32. The molecule has 0 aliphatic rings. The molecule has 0 spiro atoms. The fourth-order valence-corrected chi connectivity index (χ4v) is 1.69. The Balaban J connectivity index is 4.32. The van der Waals surface area contributed by atoms with E-state index in [0.29, 0.717) is 19.6 Å². The third-order valence-electron chi connectivity index (χ3n) is 2.62. The molecule has 106 valence electrons. The third-order valence-corrected chi connectivity index (χ3v) is 2.62. The SMILES string of the molecule is CCCNC(=O)CN(C)C(CCC)C(=O)OCC. The van der Waals surface area contributed by atoms with Crippen molar-refractivity contribution in [3.63, 3.8) is 0 Å². The molecule has 1 amide bonds. The quantitative estimate of drug-likeness (QED) is 0.631. The van der Waals surface area contributed by atoms with Gasteiger partial charge in [0.1, 0.15) is 6.04 Å². The van der Waals surface area contributed by atoms with Crippen LogP contribution in [0.2, 0.25) is 0 Å². The first-order valence-corrected chi connectivity index (χ1v) is 6.70. The Labute approximate surface area is 110 Å². The van der Waals surface area contributed by atoms with Crippen LogP contribution in [-0.2, 0) is 14.3 Å². The third kappa shape index (κ3) is 6.59. The zero-order valence-corrected chi connectivity index (χ0v) is 12.0. The number of esters is 1. The van der Waals surface area contributed by atoms with Gasteiger partial charge < -0.3 is 10.1 Å². The summed E-state index contributed by atoms with van der Waals surface area (Å²) in [4.78, 5) is 25.1. The number of rotatable bonds is 9. The van der Waals surface area contributed by atoms with Gasteiger partial charge in [0.05, 0.1) is 13.2 Å². The minimum Gasteiger partial charge on any atom is -0.465 e. The molecule has 1 unspecified atom stereocenters. The topological polar surface area (TPSA) is 58.6 Å². The highest BCUT2D eigenvalue weighted by molar-refractivity contribution is 5.80. The zero-order chi connectivity index (χ0) is 14.0. The van der Waals surface area contributed by atoms with E-state index in [2.05, 4.69) is 5.32 Å². The van der Waals surface area contributed by atoms with Crippen LogP contribution in [0.3, 0.4) is 0 Å². The fraction of sp³-hybridized carbons (Fsp3) is 0.846. The molecule has 0 radical (unpaired) electrons. The summed E-state index contributed by atoms with van der Waals surface area (Å²) in [6.07, 6.45) is 2.49. The van der Waals surface area contributed by atoms with Gasteiger partial charge >= 0.3 is 5.97 Å². The van der Waals surface area contributed by atoms with Crippen LogP contribution in [0, 0.1) is 0 Å². The maximum Gasteiger partial charge on any atom is 0.323 e. The van der Waals surface area contributed by atoms with E-state index in [1.165, 1.54) is 0 Å². The Bertz CT molecular complexity index is 257. The number of carbonyl (C=O) groups is 2. The summed E-state index contributed by atoms with van der Waals surface area (Å²) in [6.45, 7) is 7.07. The van der Waals surface area contributed by atoms with E-state index in [9.17, 15) is 9.59 Å². The summed E-state index contributed by atoms with van der Waals surface area (Å²) in [6, 6.07) is -0.331. The Kier molecular flexibility index (Phi) is 9.28. The van der Waals surface area contributed by atoms with Gasteiger partial charge in [-0.3, -0.25) is 14.5 Å². The summed E-state index contributed by atoms with van der Waals surface area (Å²) >= 11 is 0. The van der Waals surface area contributed by atoms with E-state index in [-0.39, 0.29) is 24.5 Å². The Morgan fingerprint density at radius 3 is 2.39 bits per heavy atom. The lowest BCUT2D eigenvalue weighted by Crippen LogP contribution is -2.45. The summed E-state index contributed by atoms with van der Waals surface area (Å²) < 4.78 is 5.03. The van der Waals surface area contributed by atoms with Gasteiger partial charge in [0, 0.05) is 6.54 Å². The van der Waals surface area contributed by atoms with Crippen LogP contribution in [0.4, 0.5) is 0 Å². The predicted octanol–water partition coefficient (Wildman–Crippen LogP) is 1.18. The maximum absolute atomic E-state index is 11.8. The molecule has 0 aromatic heterocycles. The summed E-state index contributed by atoms with van der Waals surface area (Å²) in [5.41, 5.74) is 0. The van der Waals surface area contributed by atoms with Gasteiger partial charge in [-0.15, -0.1) is 0 Å². The number of likely N-dealkylation sites (N-methyl/N-ethyl adjacent to an activating group) is 1. The van der Waals surface area contributed by atoms with Crippen molar-refractivity contribution in [2.45, 2.75) is 46.1 Å². The van der Waals surface area contributed by atoms with Gasteiger partial charge in [0.2, 0.25) is 5.91 Å². The number of ether oxygens (including phenoxy) is 1. The molecule has 5 nitrogen and oxygen atoms in total. The van der Waals surface area contributed by atoms with Gasteiger partial charge in [-0.25, -0.2) is 0 Å². The van der Waals surface area contributed by atoms with Crippen molar-refractivity contribution >= 4 is 11.9 Å². The highest BCUT2D eigenvalue weighted by Crippen LogP contribution is 2.07. The van der Waals surface area contributed by atoms with Crippen LogP contribution in [-0.4, -0.2) is 49.6 Å². The molecular formula is C13H26N2O3. The molecule has 0 heterocycles. The van der Waals surface area contributed by atoms with Crippen LogP contribution in [0.1, 0.15) is 40.0 Å². The van der Waals surface area contributed by atoms with Gasteiger partial charge in [-0.2, -0.15) is 0 Å². The van der Waals surface area contributed by atoms with Crippen molar-refractivity contribution in [1.82, 2.24) is 10.2 Å². The molecular weight excluding hydrogens is 232 g/mol. The van der Waals surface area contributed by atoms with Gasteiger partial charge in [0.25, 0.3) is 0 Å². The molecule has 5 heteroatoms.